The van der Waals surface area contributed by atoms with Crippen LogP contribution in [0.15, 0.2) is 24.5 Å². The first-order chi connectivity index (χ1) is 10.1. The van der Waals surface area contributed by atoms with Gasteiger partial charge in [0.15, 0.2) is 5.13 Å². The first kappa shape index (κ1) is 15.7. The van der Waals surface area contributed by atoms with Crippen LogP contribution in [0.4, 0.5) is 0 Å². The quantitative estimate of drug-likeness (QED) is 0.861. The number of thiazole rings is 1. The van der Waals surface area contributed by atoms with Crippen molar-refractivity contribution in [2.75, 3.05) is 6.61 Å². The highest BCUT2D eigenvalue weighted by atomic mass is 32.1. The van der Waals surface area contributed by atoms with Gasteiger partial charge in [-0.25, -0.2) is 4.98 Å². The Hall–Kier alpha value is -1.66. The summed E-state index contributed by atoms with van der Waals surface area (Å²) in [7, 11) is 0. The molecule has 0 aliphatic heterocycles. The van der Waals surface area contributed by atoms with Crippen LogP contribution in [0.5, 0.6) is 0 Å². The van der Waals surface area contributed by atoms with Crippen LogP contribution >= 0.6 is 11.3 Å². The molecular formula is C15H21N3O2S. The number of carbonyl (C=O) groups excluding carboxylic acids is 1. The summed E-state index contributed by atoms with van der Waals surface area (Å²) in [5, 5.41) is 13.1. The molecule has 114 valence electrons. The summed E-state index contributed by atoms with van der Waals surface area (Å²) in [5.41, 5.74) is 0.436. The monoisotopic (exact) mass is 307 g/mol. The third kappa shape index (κ3) is 3.51. The number of aliphatic hydroxyl groups excluding tert-OH is 1. The third-order valence-electron chi connectivity index (χ3n) is 3.67. The van der Waals surface area contributed by atoms with Crippen molar-refractivity contribution in [1.29, 1.82) is 0 Å². The van der Waals surface area contributed by atoms with E-state index in [-0.39, 0.29) is 24.5 Å². The van der Waals surface area contributed by atoms with Gasteiger partial charge in [-0.2, -0.15) is 0 Å². The number of aryl methyl sites for hydroxylation is 1. The molecule has 0 spiro atoms. The Morgan fingerprint density at radius 2 is 2.14 bits per heavy atom. The van der Waals surface area contributed by atoms with Gasteiger partial charge in [-0.3, -0.25) is 4.79 Å². The first-order valence-electron chi connectivity index (χ1n) is 7.09. The van der Waals surface area contributed by atoms with Gasteiger partial charge in [0, 0.05) is 17.3 Å². The van der Waals surface area contributed by atoms with Crippen molar-refractivity contribution in [2.45, 2.75) is 33.2 Å². The Balaban J connectivity index is 2.16. The second kappa shape index (κ2) is 6.87. The van der Waals surface area contributed by atoms with Crippen molar-refractivity contribution in [1.82, 2.24) is 14.9 Å². The maximum absolute atomic E-state index is 12.4. The second-order valence-corrected chi connectivity index (χ2v) is 6.32. The fourth-order valence-electron chi connectivity index (χ4n) is 2.05. The van der Waals surface area contributed by atoms with E-state index in [0.717, 1.165) is 16.4 Å². The molecule has 0 fully saturated rings. The Bertz CT molecular complexity index is 592. The largest absolute Gasteiger partial charge is 0.394 e. The minimum absolute atomic E-state index is 0.0611. The predicted octanol–water partition coefficient (Wildman–Crippen LogP) is 2.38. The van der Waals surface area contributed by atoms with E-state index in [1.165, 1.54) is 11.3 Å². The zero-order valence-corrected chi connectivity index (χ0v) is 13.4. The average Bonchev–Trinajstić information content (AvgIpc) is 3.12. The third-order valence-corrected chi connectivity index (χ3v) is 4.65. The summed E-state index contributed by atoms with van der Waals surface area (Å²) < 4.78 is 1.88. The lowest BCUT2D eigenvalue weighted by atomic mass is 10.00. The van der Waals surface area contributed by atoms with Gasteiger partial charge in [-0.15, -0.1) is 11.3 Å². The first-order valence-corrected chi connectivity index (χ1v) is 7.91. The number of hydrogen-bond donors (Lipinski definition) is 2. The molecule has 0 unspecified atom stereocenters. The second-order valence-electron chi connectivity index (χ2n) is 5.14. The minimum atomic E-state index is -0.237. The van der Waals surface area contributed by atoms with Gasteiger partial charge >= 0.3 is 0 Å². The van der Waals surface area contributed by atoms with Crippen LogP contribution in [0.25, 0.3) is 5.13 Å². The van der Waals surface area contributed by atoms with Gasteiger partial charge in [0.1, 0.15) is 5.69 Å². The van der Waals surface area contributed by atoms with Crippen molar-refractivity contribution < 1.29 is 9.90 Å². The molecule has 0 aliphatic rings. The summed E-state index contributed by atoms with van der Waals surface area (Å²) in [5.74, 6) is 0.00307. The molecule has 2 aromatic rings. The van der Waals surface area contributed by atoms with Crippen LogP contribution in [0.3, 0.4) is 0 Å². The Morgan fingerprint density at radius 1 is 1.48 bits per heavy atom. The fraction of sp³-hybridized carbons (Fsp3) is 0.467. The van der Waals surface area contributed by atoms with Crippen molar-refractivity contribution in [3.8, 4) is 5.13 Å². The molecule has 0 radical (unpaired) electrons. The molecule has 5 nitrogen and oxygen atoms in total. The van der Waals surface area contributed by atoms with Gasteiger partial charge in [0.25, 0.3) is 5.91 Å². The molecule has 2 heterocycles. The van der Waals surface area contributed by atoms with Gasteiger partial charge in [-0.1, -0.05) is 20.3 Å². The zero-order valence-electron chi connectivity index (χ0n) is 12.5. The molecule has 0 aliphatic carbocycles. The number of nitrogens with one attached hydrogen (secondary N) is 1. The molecule has 0 saturated carbocycles. The summed E-state index contributed by atoms with van der Waals surface area (Å²) >= 11 is 1.48. The number of carbonyl (C=O) groups is 1. The number of aliphatic hydroxyl groups is 1. The Labute approximate surface area is 128 Å². The van der Waals surface area contributed by atoms with Crippen molar-refractivity contribution in [2.24, 2.45) is 5.92 Å². The van der Waals surface area contributed by atoms with E-state index in [1.807, 2.05) is 49.9 Å². The molecule has 2 N–H and O–H groups in total. The highest BCUT2D eigenvalue weighted by Crippen LogP contribution is 2.21. The van der Waals surface area contributed by atoms with Crippen LogP contribution < -0.4 is 5.32 Å². The molecule has 21 heavy (non-hydrogen) atoms. The van der Waals surface area contributed by atoms with Crippen LogP contribution in [-0.4, -0.2) is 33.2 Å². The van der Waals surface area contributed by atoms with Gasteiger partial charge in [-0.05, 0) is 25.0 Å². The summed E-state index contributed by atoms with van der Waals surface area (Å²) in [6.45, 7) is 5.88. The molecule has 0 bridgehead atoms. The van der Waals surface area contributed by atoms with Crippen molar-refractivity contribution >= 4 is 17.2 Å². The van der Waals surface area contributed by atoms with Crippen LogP contribution in [0.1, 0.15) is 35.6 Å². The van der Waals surface area contributed by atoms with Crippen LogP contribution in [0.2, 0.25) is 0 Å². The van der Waals surface area contributed by atoms with Crippen molar-refractivity contribution in [3.05, 3.63) is 35.1 Å². The van der Waals surface area contributed by atoms with E-state index in [0.29, 0.717) is 5.69 Å². The highest BCUT2D eigenvalue weighted by Gasteiger charge is 2.22. The summed E-state index contributed by atoms with van der Waals surface area (Å²) in [6, 6.07) is 3.60. The maximum Gasteiger partial charge on any atom is 0.271 e. The van der Waals surface area contributed by atoms with Crippen LogP contribution in [0, 0.1) is 12.8 Å². The predicted molar refractivity (Wildman–Crippen MR) is 84.0 cm³/mol. The lowest BCUT2D eigenvalue weighted by molar-refractivity contribution is 0.0886. The van der Waals surface area contributed by atoms with E-state index in [2.05, 4.69) is 10.3 Å². The molecular weight excluding hydrogens is 286 g/mol. The smallest absolute Gasteiger partial charge is 0.271 e. The van der Waals surface area contributed by atoms with Gasteiger partial charge in [0.05, 0.1) is 12.6 Å². The zero-order chi connectivity index (χ0) is 15.4. The van der Waals surface area contributed by atoms with Crippen LogP contribution in [-0.2, 0) is 0 Å². The topological polar surface area (TPSA) is 67.2 Å². The fourth-order valence-corrected chi connectivity index (χ4v) is 2.93. The molecule has 2 aromatic heterocycles. The summed E-state index contributed by atoms with van der Waals surface area (Å²) in [4.78, 5) is 17.6. The van der Waals surface area contributed by atoms with Gasteiger partial charge < -0.3 is 15.0 Å². The van der Waals surface area contributed by atoms with Gasteiger partial charge in [0.2, 0.25) is 0 Å². The van der Waals surface area contributed by atoms with Crippen molar-refractivity contribution in [3.63, 3.8) is 0 Å². The number of amides is 1. The number of aromatic nitrogens is 2. The molecule has 0 aromatic carbocycles. The lowest BCUT2D eigenvalue weighted by Gasteiger charge is -2.21. The highest BCUT2D eigenvalue weighted by molar-refractivity contribution is 7.14. The molecule has 1 amide bonds. The molecule has 2 rings (SSSR count). The number of rotatable bonds is 6. The normalized spacial score (nSPS) is 13.9. The molecule has 0 saturated heterocycles. The SMILES string of the molecule is CC[C@@H](C)[C@H](CO)NC(=O)c1nc(-n2cccc2)sc1C. The Morgan fingerprint density at radius 3 is 2.71 bits per heavy atom. The Kier molecular flexibility index (Phi) is 5.14. The number of hydrogen-bond acceptors (Lipinski definition) is 4. The average molecular weight is 307 g/mol. The van der Waals surface area contributed by atoms with E-state index < -0.39 is 0 Å². The number of nitrogens with zero attached hydrogens (tertiary/aromatic N) is 2. The standard InChI is InChI=1S/C15H21N3O2S/c1-4-10(2)12(9-19)16-14(20)13-11(3)21-15(17-13)18-7-5-6-8-18/h5-8,10,12,19H,4,9H2,1-3H3,(H,16,20)/t10-,12+/m1/s1. The molecule has 2 atom stereocenters. The minimum Gasteiger partial charge on any atom is -0.394 e. The van der Waals surface area contributed by atoms with E-state index in [4.69, 9.17) is 0 Å². The van der Waals surface area contributed by atoms with E-state index >= 15 is 0 Å². The summed E-state index contributed by atoms with van der Waals surface area (Å²) in [6.07, 6.45) is 4.70. The lowest BCUT2D eigenvalue weighted by Crippen LogP contribution is -2.42. The van der Waals surface area contributed by atoms with E-state index in [1.54, 1.807) is 0 Å². The van der Waals surface area contributed by atoms with E-state index in [9.17, 15) is 9.90 Å². The molecule has 6 heteroatoms. The maximum atomic E-state index is 12.4.